The van der Waals surface area contributed by atoms with Crippen LogP contribution in [-0.4, -0.2) is 15.9 Å². The van der Waals surface area contributed by atoms with E-state index in [-0.39, 0.29) is 22.7 Å². The van der Waals surface area contributed by atoms with Crippen LogP contribution in [0.15, 0.2) is 68.5 Å². The number of hydrogen-bond donors (Lipinski definition) is 0. The molecule has 0 saturated carbocycles. The summed E-state index contributed by atoms with van der Waals surface area (Å²) in [6, 6.07) is 10.8. The third-order valence-electron chi connectivity index (χ3n) is 4.86. The number of hydrogen-bond acceptors (Lipinski definition) is 5. The first kappa shape index (κ1) is 19.2. The molecule has 9 heteroatoms. The lowest BCUT2D eigenvalue weighted by Crippen LogP contribution is -2.31. The lowest BCUT2D eigenvalue weighted by molar-refractivity contribution is 0.0969. The Morgan fingerprint density at radius 1 is 1.00 bits per heavy atom. The molecule has 0 radical (unpaired) electrons. The summed E-state index contributed by atoms with van der Waals surface area (Å²) in [5.41, 5.74) is 0.802. The Kier molecular flexibility index (Phi) is 4.61. The number of nitrogens with zero attached hydrogens (tertiary/aromatic N) is 3. The summed E-state index contributed by atoms with van der Waals surface area (Å²) in [4.78, 5) is 36.6. The molecule has 0 N–H and O–H groups in total. The molecule has 148 valence electrons. The van der Waals surface area contributed by atoms with Gasteiger partial charge in [-0.15, -0.1) is 0 Å². The predicted molar refractivity (Wildman–Crippen MR) is 117 cm³/mol. The summed E-state index contributed by atoms with van der Waals surface area (Å²) in [7, 11) is 0. The zero-order valence-electron chi connectivity index (χ0n) is 15.0. The molecular weight excluding hydrogens is 493 g/mol. The first-order chi connectivity index (χ1) is 14.5. The lowest BCUT2D eigenvalue weighted by Gasteiger charge is -2.23. The monoisotopic (exact) mass is 501 g/mol. The van der Waals surface area contributed by atoms with Gasteiger partial charge in [-0.25, -0.2) is 9.97 Å². The van der Waals surface area contributed by atoms with Gasteiger partial charge in [0.15, 0.2) is 5.43 Å². The van der Waals surface area contributed by atoms with Crippen molar-refractivity contribution in [3.63, 3.8) is 0 Å². The van der Waals surface area contributed by atoms with Gasteiger partial charge in [0.05, 0.1) is 27.0 Å². The molecule has 0 aliphatic carbocycles. The van der Waals surface area contributed by atoms with E-state index in [1.54, 1.807) is 42.5 Å². The number of anilines is 1. The molecule has 1 aliphatic heterocycles. The molecule has 1 amide bonds. The molecule has 0 bridgehead atoms. The summed E-state index contributed by atoms with van der Waals surface area (Å²) >= 11 is 15.7. The van der Waals surface area contributed by atoms with Crippen molar-refractivity contribution in [2.75, 3.05) is 4.90 Å². The lowest BCUT2D eigenvalue weighted by atomic mass is 9.98. The van der Waals surface area contributed by atoms with Crippen LogP contribution in [0.4, 0.5) is 5.95 Å². The highest BCUT2D eigenvalue weighted by Crippen LogP contribution is 2.41. The van der Waals surface area contributed by atoms with Gasteiger partial charge >= 0.3 is 0 Å². The maximum atomic E-state index is 13.5. The molecular formula is C21H10BrCl2N3O3. The minimum absolute atomic E-state index is 0.0432. The average molecular weight is 503 g/mol. The van der Waals surface area contributed by atoms with E-state index in [2.05, 4.69) is 25.9 Å². The Morgan fingerprint density at radius 2 is 1.77 bits per heavy atom. The minimum Gasteiger partial charge on any atom is -0.450 e. The standard InChI is InChI=1S/C21H10BrCl2N3O3/c22-11-3-5-15-12(9-11)18(28)16-17(10-2-4-13(23)14(24)8-10)27(20(29)19(16)30-15)21-25-6-1-7-26-21/h1-9,17H. The van der Waals surface area contributed by atoms with E-state index in [0.717, 1.165) is 4.47 Å². The van der Waals surface area contributed by atoms with E-state index in [4.69, 9.17) is 27.6 Å². The van der Waals surface area contributed by atoms with Gasteiger partial charge in [-0.3, -0.25) is 14.5 Å². The number of rotatable bonds is 2. The van der Waals surface area contributed by atoms with Crippen molar-refractivity contribution in [3.8, 4) is 0 Å². The first-order valence-electron chi connectivity index (χ1n) is 8.77. The predicted octanol–water partition coefficient (Wildman–Crippen LogP) is 5.40. The Balaban J connectivity index is 1.84. The molecule has 4 aromatic rings. The van der Waals surface area contributed by atoms with Crippen molar-refractivity contribution in [1.29, 1.82) is 0 Å². The van der Waals surface area contributed by atoms with Gasteiger partial charge in [-0.2, -0.15) is 0 Å². The number of benzene rings is 2. The molecule has 2 aromatic carbocycles. The Bertz CT molecular complexity index is 1390. The van der Waals surface area contributed by atoms with E-state index in [9.17, 15) is 9.59 Å². The minimum atomic E-state index is -0.815. The van der Waals surface area contributed by atoms with Gasteiger partial charge in [0, 0.05) is 16.9 Å². The van der Waals surface area contributed by atoms with Crippen LogP contribution in [-0.2, 0) is 0 Å². The number of carbonyl (C=O) groups is 1. The van der Waals surface area contributed by atoms with E-state index in [1.807, 2.05) is 0 Å². The molecule has 30 heavy (non-hydrogen) atoms. The highest BCUT2D eigenvalue weighted by Gasteiger charge is 2.45. The smallest absolute Gasteiger partial charge is 0.297 e. The van der Waals surface area contributed by atoms with E-state index >= 15 is 0 Å². The summed E-state index contributed by atoms with van der Waals surface area (Å²) in [6.07, 6.45) is 3.04. The number of fused-ring (bicyclic) bond motifs is 2. The largest absolute Gasteiger partial charge is 0.450 e. The maximum Gasteiger partial charge on any atom is 0.297 e. The molecule has 1 atom stereocenters. The van der Waals surface area contributed by atoms with E-state index in [1.165, 1.54) is 17.3 Å². The molecule has 2 aromatic heterocycles. The molecule has 1 unspecified atom stereocenters. The number of amides is 1. The van der Waals surface area contributed by atoms with Crippen molar-refractivity contribution in [2.45, 2.75) is 6.04 Å². The van der Waals surface area contributed by atoms with Crippen molar-refractivity contribution in [2.24, 2.45) is 0 Å². The fraction of sp³-hybridized carbons (Fsp3) is 0.0476. The molecule has 0 spiro atoms. The summed E-state index contributed by atoms with van der Waals surface area (Å²) in [5.74, 6) is -0.401. The highest BCUT2D eigenvalue weighted by molar-refractivity contribution is 9.10. The van der Waals surface area contributed by atoms with Crippen molar-refractivity contribution in [1.82, 2.24) is 9.97 Å². The maximum absolute atomic E-state index is 13.5. The van der Waals surface area contributed by atoms with Crippen LogP contribution in [0.5, 0.6) is 0 Å². The van der Waals surface area contributed by atoms with Crippen LogP contribution in [0.1, 0.15) is 27.7 Å². The molecule has 1 aliphatic rings. The topological polar surface area (TPSA) is 76.3 Å². The number of carbonyl (C=O) groups excluding carboxylic acids is 1. The zero-order valence-corrected chi connectivity index (χ0v) is 18.1. The highest BCUT2D eigenvalue weighted by atomic mass is 79.9. The summed E-state index contributed by atoms with van der Waals surface area (Å²) in [6.45, 7) is 0. The number of aromatic nitrogens is 2. The quantitative estimate of drug-likeness (QED) is 0.366. The van der Waals surface area contributed by atoms with Gasteiger partial charge in [0.1, 0.15) is 5.58 Å². The molecule has 0 fully saturated rings. The molecule has 5 rings (SSSR count). The Hall–Kier alpha value is -2.74. The third-order valence-corrected chi connectivity index (χ3v) is 6.09. The van der Waals surface area contributed by atoms with E-state index < -0.39 is 11.9 Å². The third kappa shape index (κ3) is 2.93. The fourth-order valence-corrected chi connectivity index (χ4v) is 4.23. The van der Waals surface area contributed by atoms with Crippen molar-refractivity contribution in [3.05, 3.63) is 96.5 Å². The first-order valence-corrected chi connectivity index (χ1v) is 10.3. The van der Waals surface area contributed by atoms with Crippen LogP contribution in [0.3, 0.4) is 0 Å². The van der Waals surface area contributed by atoms with Crippen LogP contribution < -0.4 is 10.3 Å². The van der Waals surface area contributed by atoms with Gasteiger partial charge in [0.2, 0.25) is 11.7 Å². The zero-order chi connectivity index (χ0) is 21.0. The second-order valence-corrected chi connectivity index (χ2v) is 8.34. The van der Waals surface area contributed by atoms with Gasteiger partial charge in [-0.1, -0.05) is 45.2 Å². The van der Waals surface area contributed by atoms with Crippen LogP contribution >= 0.6 is 39.1 Å². The Labute approximate surface area is 188 Å². The van der Waals surface area contributed by atoms with Crippen LogP contribution in [0.25, 0.3) is 11.0 Å². The SMILES string of the molecule is O=C1c2oc3ccc(Br)cc3c(=O)c2C(c2ccc(Cl)c(Cl)c2)N1c1ncccn1. The van der Waals surface area contributed by atoms with Crippen molar-refractivity contribution >= 4 is 62.0 Å². The van der Waals surface area contributed by atoms with Crippen molar-refractivity contribution < 1.29 is 9.21 Å². The second-order valence-electron chi connectivity index (χ2n) is 6.61. The van der Waals surface area contributed by atoms with E-state index in [0.29, 0.717) is 26.6 Å². The van der Waals surface area contributed by atoms with Crippen LogP contribution in [0, 0.1) is 0 Å². The number of halogens is 3. The summed E-state index contributed by atoms with van der Waals surface area (Å²) < 4.78 is 6.61. The molecule has 0 saturated heterocycles. The Morgan fingerprint density at radius 3 is 2.50 bits per heavy atom. The molecule has 6 nitrogen and oxygen atoms in total. The average Bonchev–Trinajstić information content (AvgIpc) is 3.04. The van der Waals surface area contributed by atoms with Gasteiger partial charge in [0.25, 0.3) is 5.91 Å². The van der Waals surface area contributed by atoms with Gasteiger partial charge < -0.3 is 4.42 Å². The normalized spacial score (nSPS) is 15.6. The van der Waals surface area contributed by atoms with Gasteiger partial charge in [-0.05, 0) is 42.0 Å². The summed E-state index contributed by atoms with van der Waals surface area (Å²) in [5, 5.41) is 1.02. The molecule has 3 heterocycles. The van der Waals surface area contributed by atoms with Crippen LogP contribution in [0.2, 0.25) is 10.0 Å². The fourth-order valence-electron chi connectivity index (χ4n) is 3.56. The second kappa shape index (κ2) is 7.19.